The molecular formula is C13H17NO4. The van der Waals surface area contributed by atoms with Gasteiger partial charge in [-0.15, -0.1) is 0 Å². The van der Waals surface area contributed by atoms with E-state index < -0.39 is 23.5 Å². The highest BCUT2D eigenvalue weighted by molar-refractivity contribution is 5.82. The minimum Gasteiger partial charge on any atom is -0.480 e. The van der Waals surface area contributed by atoms with E-state index in [1.165, 1.54) is 6.92 Å². The van der Waals surface area contributed by atoms with E-state index in [1.54, 1.807) is 37.3 Å². The number of hydrogen-bond donors (Lipinski definition) is 3. The summed E-state index contributed by atoms with van der Waals surface area (Å²) in [5, 5.41) is 21.1. The van der Waals surface area contributed by atoms with Gasteiger partial charge in [-0.3, -0.25) is 10.1 Å². The van der Waals surface area contributed by atoms with Crippen molar-refractivity contribution < 1.29 is 19.8 Å². The lowest BCUT2D eigenvalue weighted by Crippen LogP contribution is -2.54. The summed E-state index contributed by atoms with van der Waals surface area (Å²) in [5.74, 6) is -2.16. The molecule has 1 rings (SSSR count). The fraction of sp³-hybridized carbons (Fsp3) is 0.385. The molecular weight excluding hydrogens is 234 g/mol. The molecule has 18 heavy (non-hydrogen) atoms. The van der Waals surface area contributed by atoms with E-state index in [9.17, 15) is 14.7 Å². The highest BCUT2D eigenvalue weighted by atomic mass is 16.4. The van der Waals surface area contributed by atoms with Gasteiger partial charge < -0.3 is 10.2 Å². The summed E-state index contributed by atoms with van der Waals surface area (Å²) in [6.07, 6.45) is 0.254. The Morgan fingerprint density at radius 1 is 1.28 bits per heavy atom. The summed E-state index contributed by atoms with van der Waals surface area (Å²) in [7, 11) is 0. The van der Waals surface area contributed by atoms with Crippen molar-refractivity contribution in [2.75, 3.05) is 0 Å². The van der Waals surface area contributed by atoms with E-state index in [1.807, 2.05) is 0 Å². The number of aliphatic carboxylic acids is 2. The van der Waals surface area contributed by atoms with E-state index in [4.69, 9.17) is 5.11 Å². The van der Waals surface area contributed by atoms with E-state index >= 15 is 0 Å². The van der Waals surface area contributed by atoms with Crippen molar-refractivity contribution in [2.24, 2.45) is 0 Å². The maximum Gasteiger partial charge on any atom is 0.328 e. The zero-order valence-electron chi connectivity index (χ0n) is 10.4. The quantitative estimate of drug-likeness (QED) is 0.712. The second kappa shape index (κ2) is 5.64. The number of carbonyl (C=O) groups is 2. The van der Waals surface area contributed by atoms with Gasteiger partial charge in [0.2, 0.25) is 0 Å². The van der Waals surface area contributed by atoms with Crippen molar-refractivity contribution in [1.29, 1.82) is 0 Å². The lowest BCUT2D eigenvalue weighted by Gasteiger charge is -2.31. The van der Waals surface area contributed by atoms with Gasteiger partial charge in [-0.2, -0.15) is 0 Å². The Hall–Kier alpha value is -1.88. The van der Waals surface area contributed by atoms with Crippen molar-refractivity contribution in [3.8, 4) is 0 Å². The van der Waals surface area contributed by atoms with Gasteiger partial charge in [-0.05, 0) is 18.9 Å². The molecule has 0 unspecified atom stereocenters. The van der Waals surface area contributed by atoms with Gasteiger partial charge in [0, 0.05) is 0 Å². The summed E-state index contributed by atoms with van der Waals surface area (Å²) in [6, 6.07) is 7.66. The van der Waals surface area contributed by atoms with Crippen molar-refractivity contribution in [3.63, 3.8) is 0 Å². The molecule has 98 valence electrons. The molecule has 0 radical (unpaired) electrons. The Morgan fingerprint density at radius 3 is 2.22 bits per heavy atom. The zero-order valence-corrected chi connectivity index (χ0v) is 10.4. The standard InChI is InChI=1S/C13H17NO4/c1-3-13(12(17)18,14-9(2)11(15)16)10-7-5-4-6-8-10/h4-9,14H,3H2,1-2H3,(H,15,16)(H,17,18)/t9-,13-/m0/s1. The predicted molar refractivity (Wildman–Crippen MR) is 66.3 cm³/mol. The van der Waals surface area contributed by atoms with Gasteiger partial charge in [0.1, 0.15) is 11.6 Å². The summed E-state index contributed by atoms with van der Waals surface area (Å²) >= 11 is 0. The van der Waals surface area contributed by atoms with Gasteiger partial charge in [0.15, 0.2) is 0 Å². The van der Waals surface area contributed by atoms with Crippen LogP contribution in [0.1, 0.15) is 25.8 Å². The lowest BCUT2D eigenvalue weighted by atomic mass is 9.86. The molecule has 0 aliphatic carbocycles. The fourth-order valence-corrected chi connectivity index (χ4v) is 1.88. The molecule has 0 aliphatic rings. The number of hydrogen-bond acceptors (Lipinski definition) is 3. The van der Waals surface area contributed by atoms with Crippen molar-refractivity contribution in [2.45, 2.75) is 31.8 Å². The van der Waals surface area contributed by atoms with Crippen LogP contribution in [0.3, 0.4) is 0 Å². The average molecular weight is 251 g/mol. The van der Waals surface area contributed by atoms with Crippen LogP contribution >= 0.6 is 0 Å². The highest BCUT2D eigenvalue weighted by Gasteiger charge is 2.40. The maximum atomic E-state index is 11.6. The van der Waals surface area contributed by atoms with Gasteiger partial charge in [-0.25, -0.2) is 4.79 Å². The number of rotatable bonds is 6. The van der Waals surface area contributed by atoms with Crippen LogP contribution in [0, 0.1) is 0 Å². The van der Waals surface area contributed by atoms with Crippen LogP contribution in [-0.2, 0) is 15.1 Å². The topological polar surface area (TPSA) is 86.6 Å². The van der Waals surface area contributed by atoms with Crippen LogP contribution in [0.25, 0.3) is 0 Å². The Morgan fingerprint density at radius 2 is 1.83 bits per heavy atom. The first-order chi connectivity index (χ1) is 8.44. The Balaban J connectivity index is 3.18. The molecule has 0 aromatic heterocycles. The summed E-state index contributed by atoms with van der Waals surface area (Å²) in [5.41, 5.74) is -0.827. The van der Waals surface area contributed by atoms with Crippen LogP contribution < -0.4 is 5.32 Å². The Kier molecular flexibility index (Phi) is 4.44. The number of carboxylic acids is 2. The second-order valence-corrected chi connectivity index (χ2v) is 4.13. The molecule has 2 atom stereocenters. The van der Waals surface area contributed by atoms with Crippen molar-refractivity contribution in [3.05, 3.63) is 35.9 Å². The fourth-order valence-electron chi connectivity index (χ4n) is 1.88. The number of carboxylic acid groups (broad SMARTS) is 2. The molecule has 0 amide bonds. The zero-order chi connectivity index (χ0) is 13.8. The third kappa shape index (κ3) is 2.68. The van der Waals surface area contributed by atoms with Gasteiger partial charge in [-0.1, -0.05) is 37.3 Å². The number of nitrogens with one attached hydrogen (secondary N) is 1. The first-order valence-electron chi connectivity index (χ1n) is 5.73. The molecule has 5 nitrogen and oxygen atoms in total. The highest BCUT2D eigenvalue weighted by Crippen LogP contribution is 2.26. The van der Waals surface area contributed by atoms with Crippen molar-refractivity contribution in [1.82, 2.24) is 5.32 Å². The Bertz CT molecular complexity index is 432. The smallest absolute Gasteiger partial charge is 0.328 e. The molecule has 1 aromatic carbocycles. The monoisotopic (exact) mass is 251 g/mol. The minimum absolute atomic E-state index is 0.254. The summed E-state index contributed by atoms with van der Waals surface area (Å²) in [4.78, 5) is 22.4. The molecule has 0 heterocycles. The third-order valence-electron chi connectivity index (χ3n) is 3.00. The van der Waals surface area contributed by atoms with E-state index in [0.717, 1.165) is 0 Å². The minimum atomic E-state index is -1.38. The average Bonchev–Trinajstić information content (AvgIpc) is 2.36. The molecule has 0 saturated heterocycles. The normalized spacial score (nSPS) is 15.7. The van der Waals surface area contributed by atoms with Crippen molar-refractivity contribution >= 4 is 11.9 Å². The van der Waals surface area contributed by atoms with E-state index in [0.29, 0.717) is 5.56 Å². The first kappa shape index (κ1) is 14.2. The summed E-state index contributed by atoms with van der Waals surface area (Å²) < 4.78 is 0. The van der Waals surface area contributed by atoms with Crippen LogP contribution in [-0.4, -0.2) is 28.2 Å². The molecule has 0 bridgehead atoms. The summed E-state index contributed by atoms with van der Waals surface area (Å²) in [6.45, 7) is 3.14. The molecule has 1 aromatic rings. The molecule has 5 heteroatoms. The van der Waals surface area contributed by atoms with Crippen LogP contribution in [0.15, 0.2) is 30.3 Å². The molecule has 3 N–H and O–H groups in total. The van der Waals surface area contributed by atoms with Crippen LogP contribution in [0.5, 0.6) is 0 Å². The predicted octanol–water partition coefficient (Wildman–Crippen LogP) is 1.44. The molecule has 0 spiro atoms. The number of benzene rings is 1. The van der Waals surface area contributed by atoms with E-state index in [2.05, 4.69) is 5.32 Å². The van der Waals surface area contributed by atoms with Crippen LogP contribution in [0.4, 0.5) is 0 Å². The van der Waals surface area contributed by atoms with Crippen LogP contribution in [0.2, 0.25) is 0 Å². The third-order valence-corrected chi connectivity index (χ3v) is 3.00. The van der Waals surface area contributed by atoms with Gasteiger partial charge in [0.05, 0.1) is 0 Å². The van der Waals surface area contributed by atoms with E-state index in [-0.39, 0.29) is 6.42 Å². The first-order valence-corrected chi connectivity index (χ1v) is 5.73. The maximum absolute atomic E-state index is 11.6. The molecule has 0 aliphatic heterocycles. The van der Waals surface area contributed by atoms with Gasteiger partial charge >= 0.3 is 11.9 Å². The Labute approximate surface area is 105 Å². The second-order valence-electron chi connectivity index (χ2n) is 4.13. The largest absolute Gasteiger partial charge is 0.480 e. The molecule has 0 saturated carbocycles. The lowest BCUT2D eigenvalue weighted by molar-refractivity contribution is -0.147. The molecule has 0 fully saturated rings. The SMILES string of the molecule is CC[C@@](N[C@@H](C)C(=O)O)(C(=O)O)c1ccccc1. The van der Waals surface area contributed by atoms with Gasteiger partial charge in [0.25, 0.3) is 0 Å².